The van der Waals surface area contributed by atoms with Crippen molar-refractivity contribution >= 4 is 24.7 Å². The summed E-state index contributed by atoms with van der Waals surface area (Å²) in [6, 6.07) is 6.22. The Bertz CT molecular complexity index is 722. The van der Waals surface area contributed by atoms with Crippen LogP contribution in [0.4, 0.5) is 4.79 Å². The lowest BCUT2D eigenvalue weighted by atomic mass is 9.99. The lowest BCUT2D eigenvalue weighted by Crippen LogP contribution is -2.61. The summed E-state index contributed by atoms with van der Waals surface area (Å²) in [7, 11) is 0. The Labute approximate surface area is 179 Å². The number of aliphatic hydroxyl groups excluding tert-OH is 3. The van der Waals surface area contributed by atoms with Crippen molar-refractivity contribution in [1.29, 1.82) is 0 Å². The quantitative estimate of drug-likeness (QED) is 0.310. The molecule has 0 saturated carbocycles. The summed E-state index contributed by atoms with van der Waals surface area (Å²) < 4.78 is 15.4. The summed E-state index contributed by atoms with van der Waals surface area (Å²) in [5.74, 6) is -1.28. The van der Waals surface area contributed by atoms with Crippen LogP contribution in [0.3, 0.4) is 0 Å². The van der Waals surface area contributed by atoms with Crippen LogP contribution in [0.5, 0.6) is 5.75 Å². The molecule has 0 aliphatic carbocycles. The van der Waals surface area contributed by atoms with Gasteiger partial charge >= 0.3 is 12.1 Å². The summed E-state index contributed by atoms with van der Waals surface area (Å²) in [4.78, 5) is 22.8. The molecule has 10 nitrogen and oxygen atoms in total. The predicted octanol–water partition coefficient (Wildman–Crippen LogP) is 0.282. The lowest BCUT2D eigenvalue weighted by molar-refractivity contribution is -0.271. The molecule has 5 atom stereocenters. The van der Waals surface area contributed by atoms with Gasteiger partial charge in [-0.1, -0.05) is 26.0 Å². The van der Waals surface area contributed by atoms with Crippen molar-refractivity contribution in [2.45, 2.75) is 62.3 Å². The van der Waals surface area contributed by atoms with Crippen LogP contribution in [0.15, 0.2) is 24.3 Å². The van der Waals surface area contributed by atoms with Gasteiger partial charge in [-0.15, -0.1) is 0 Å². The number of thiol groups is 1. The lowest BCUT2D eigenvalue weighted by Gasteiger charge is -2.38. The van der Waals surface area contributed by atoms with Crippen molar-refractivity contribution in [2.24, 2.45) is 0 Å². The first-order valence-electron chi connectivity index (χ1n) is 9.29. The maximum Gasteiger partial charge on any atom is 0.407 e. The molecule has 0 radical (unpaired) electrons. The Kier molecular flexibility index (Phi) is 8.33. The van der Waals surface area contributed by atoms with Crippen LogP contribution >= 0.6 is 12.6 Å². The number of hydrogen-bond acceptors (Lipinski definition) is 9. The molecule has 11 heteroatoms. The molecule has 1 aromatic carbocycles. The molecule has 1 aliphatic rings. The summed E-state index contributed by atoms with van der Waals surface area (Å²) in [5.41, 5.74) is 0.663. The molecule has 0 unspecified atom stereocenters. The molecule has 0 bridgehead atoms. The number of aliphatic carboxylic acids is 1. The second kappa shape index (κ2) is 10.3. The SMILES string of the molecule is CC(C)(S)CCNC(=O)OCc1ccc(O[C@@H]2O[C@H](C(=O)O)[C@@H](O)[C@H](O)[C@H]2O)cc1. The van der Waals surface area contributed by atoms with Gasteiger partial charge in [0.25, 0.3) is 0 Å². The highest BCUT2D eigenvalue weighted by molar-refractivity contribution is 7.81. The third kappa shape index (κ3) is 7.03. The first kappa shape index (κ1) is 24.2. The second-order valence-electron chi connectivity index (χ2n) is 7.56. The van der Waals surface area contributed by atoms with E-state index in [0.717, 1.165) is 0 Å². The number of ether oxygens (including phenoxy) is 3. The van der Waals surface area contributed by atoms with Gasteiger partial charge in [0.2, 0.25) is 6.29 Å². The van der Waals surface area contributed by atoms with Crippen molar-refractivity contribution in [2.75, 3.05) is 6.54 Å². The largest absolute Gasteiger partial charge is 0.479 e. The van der Waals surface area contributed by atoms with Gasteiger partial charge in [0.05, 0.1) is 0 Å². The van der Waals surface area contributed by atoms with Crippen LogP contribution in [0.25, 0.3) is 0 Å². The standard InChI is InChI=1S/C19H27NO9S/c1-19(2,30)7-8-20-18(26)27-9-10-3-5-11(6-4-10)28-17-14(23)12(21)13(22)15(29-17)16(24)25/h3-6,12-15,17,21-23,30H,7-9H2,1-2H3,(H,20,26)(H,24,25)/t12-,13-,14+,15-,17+/m0/s1. The van der Waals surface area contributed by atoms with Gasteiger partial charge in [0, 0.05) is 11.3 Å². The highest BCUT2D eigenvalue weighted by atomic mass is 32.1. The number of aliphatic hydroxyl groups is 3. The first-order valence-corrected chi connectivity index (χ1v) is 9.74. The number of hydrogen-bond donors (Lipinski definition) is 6. The third-order valence-corrected chi connectivity index (χ3v) is 4.59. The van der Waals surface area contributed by atoms with Gasteiger partial charge in [-0.2, -0.15) is 12.6 Å². The molecular weight excluding hydrogens is 418 g/mol. The van der Waals surface area contributed by atoms with E-state index in [2.05, 4.69) is 17.9 Å². The van der Waals surface area contributed by atoms with E-state index < -0.39 is 42.8 Å². The van der Waals surface area contributed by atoms with Crippen molar-refractivity contribution in [3.63, 3.8) is 0 Å². The van der Waals surface area contributed by atoms with Crippen molar-refractivity contribution in [1.82, 2.24) is 5.32 Å². The van der Waals surface area contributed by atoms with E-state index in [-0.39, 0.29) is 17.1 Å². The normalized spacial score (nSPS) is 26.7. The highest BCUT2D eigenvalue weighted by Gasteiger charge is 2.48. The zero-order valence-corrected chi connectivity index (χ0v) is 17.5. The number of nitrogens with one attached hydrogen (secondary N) is 1. The van der Waals surface area contributed by atoms with Crippen LogP contribution < -0.4 is 10.1 Å². The summed E-state index contributed by atoms with van der Waals surface area (Å²) in [6.45, 7) is 4.33. The second-order valence-corrected chi connectivity index (χ2v) is 8.77. The van der Waals surface area contributed by atoms with E-state index in [9.17, 15) is 24.9 Å². The number of amides is 1. The van der Waals surface area contributed by atoms with Gasteiger partial charge in [-0.25, -0.2) is 9.59 Å². The van der Waals surface area contributed by atoms with Crippen molar-refractivity contribution in [3.8, 4) is 5.75 Å². The Hall–Kier alpha value is -2.05. The molecule has 0 aromatic heterocycles. The van der Waals surface area contributed by atoms with Crippen LogP contribution in [0.1, 0.15) is 25.8 Å². The van der Waals surface area contributed by atoms with E-state index in [1.54, 1.807) is 12.1 Å². The number of carbonyl (C=O) groups excluding carboxylic acids is 1. The molecule has 0 spiro atoms. The number of carboxylic acids is 1. The third-order valence-electron chi connectivity index (χ3n) is 4.36. The smallest absolute Gasteiger partial charge is 0.407 e. The van der Waals surface area contributed by atoms with Gasteiger partial charge in [0.1, 0.15) is 30.7 Å². The topological polar surface area (TPSA) is 155 Å². The Morgan fingerprint density at radius 2 is 1.77 bits per heavy atom. The number of rotatable bonds is 8. The zero-order valence-electron chi connectivity index (χ0n) is 16.6. The minimum absolute atomic E-state index is 0.0188. The minimum atomic E-state index is -1.79. The van der Waals surface area contributed by atoms with E-state index in [1.807, 2.05) is 13.8 Å². The molecule has 1 aliphatic heterocycles. The fourth-order valence-corrected chi connectivity index (χ4v) is 2.73. The molecule has 5 N–H and O–H groups in total. The number of benzene rings is 1. The molecule has 1 aromatic rings. The summed E-state index contributed by atoms with van der Waals surface area (Å²) in [5, 5.41) is 41.1. The molecule has 168 valence electrons. The number of alkyl carbamates (subject to hydrolysis) is 1. The summed E-state index contributed by atoms with van der Waals surface area (Å²) in [6.07, 6.45) is -8.29. The molecule has 30 heavy (non-hydrogen) atoms. The highest BCUT2D eigenvalue weighted by Crippen LogP contribution is 2.25. The monoisotopic (exact) mass is 445 g/mol. The number of carbonyl (C=O) groups is 2. The van der Waals surface area contributed by atoms with E-state index >= 15 is 0 Å². The summed E-state index contributed by atoms with van der Waals surface area (Å²) >= 11 is 4.37. The van der Waals surface area contributed by atoms with Crippen molar-refractivity contribution in [3.05, 3.63) is 29.8 Å². The van der Waals surface area contributed by atoms with Crippen LogP contribution in [0.2, 0.25) is 0 Å². The molecule has 1 fully saturated rings. The first-order chi connectivity index (χ1) is 14.0. The zero-order chi connectivity index (χ0) is 22.5. The average Bonchev–Trinajstić information content (AvgIpc) is 2.66. The maximum absolute atomic E-state index is 11.7. The Morgan fingerprint density at radius 1 is 1.13 bits per heavy atom. The van der Waals surface area contributed by atoms with Gasteiger partial charge in [-0.05, 0) is 24.1 Å². The fraction of sp³-hybridized carbons (Fsp3) is 0.579. The van der Waals surface area contributed by atoms with Crippen LogP contribution in [0, 0.1) is 0 Å². The van der Waals surface area contributed by atoms with E-state index in [0.29, 0.717) is 18.5 Å². The molecular formula is C19H27NO9S. The van der Waals surface area contributed by atoms with E-state index in [1.165, 1.54) is 12.1 Å². The number of carboxylic acid groups (broad SMARTS) is 1. The van der Waals surface area contributed by atoms with Crippen LogP contribution in [-0.4, -0.2) is 74.5 Å². The molecule has 1 amide bonds. The minimum Gasteiger partial charge on any atom is -0.479 e. The maximum atomic E-state index is 11.7. The van der Waals surface area contributed by atoms with Crippen molar-refractivity contribution < 1.29 is 44.2 Å². The molecule has 1 heterocycles. The van der Waals surface area contributed by atoms with Gasteiger partial charge in [0.15, 0.2) is 6.10 Å². The molecule has 1 saturated heterocycles. The van der Waals surface area contributed by atoms with E-state index in [4.69, 9.17) is 19.3 Å². The fourth-order valence-electron chi connectivity index (χ4n) is 2.62. The average molecular weight is 445 g/mol. The molecule has 2 rings (SSSR count). The Morgan fingerprint density at radius 3 is 2.33 bits per heavy atom. The Balaban J connectivity index is 1.85. The van der Waals surface area contributed by atoms with Gasteiger partial charge in [-0.3, -0.25) is 0 Å². The van der Waals surface area contributed by atoms with Gasteiger partial charge < -0.3 is 40.0 Å². The predicted molar refractivity (Wildman–Crippen MR) is 107 cm³/mol. The van der Waals surface area contributed by atoms with Crippen LogP contribution in [-0.2, 0) is 20.9 Å².